The number of hydrogen-bond acceptors (Lipinski definition) is 5. The van der Waals surface area contributed by atoms with Gasteiger partial charge in [0.1, 0.15) is 0 Å². The van der Waals surface area contributed by atoms with Crippen LogP contribution in [-0.4, -0.2) is 40.1 Å². The van der Waals surface area contributed by atoms with Crippen LogP contribution in [0.15, 0.2) is 35.5 Å². The lowest BCUT2D eigenvalue weighted by molar-refractivity contribution is 0.348. The standard InChI is InChI=1S/C19H22N6/c1-13-9-17(24-18(21-3)23-13)25-16-10-15(6-5-14(16)11-22-25)19(12-20-2)7-4-8-19/h5-6,9-12H,4,7-8H2,1-3H3,(H,21,23,24)/b20-12-. The smallest absolute Gasteiger partial charge is 0.224 e. The molecule has 1 aliphatic rings. The van der Waals surface area contributed by atoms with Crippen LogP contribution in [0.3, 0.4) is 0 Å². The summed E-state index contributed by atoms with van der Waals surface area (Å²) in [7, 11) is 3.67. The zero-order chi connectivity index (χ0) is 17.4. The second-order valence-corrected chi connectivity index (χ2v) is 6.67. The molecule has 0 unspecified atom stereocenters. The second kappa shape index (κ2) is 5.95. The number of nitrogens with one attached hydrogen (secondary N) is 1. The lowest BCUT2D eigenvalue weighted by Gasteiger charge is -2.39. The van der Waals surface area contributed by atoms with Crippen LogP contribution in [-0.2, 0) is 5.41 Å². The van der Waals surface area contributed by atoms with Crippen LogP contribution in [0.1, 0.15) is 30.5 Å². The van der Waals surface area contributed by atoms with Crippen molar-refractivity contribution in [2.24, 2.45) is 4.99 Å². The highest BCUT2D eigenvalue weighted by Gasteiger charge is 2.37. The Balaban J connectivity index is 1.86. The Morgan fingerprint density at radius 2 is 2.08 bits per heavy atom. The van der Waals surface area contributed by atoms with Gasteiger partial charge in [-0.2, -0.15) is 10.1 Å². The first kappa shape index (κ1) is 15.7. The van der Waals surface area contributed by atoms with E-state index in [1.54, 1.807) is 0 Å². The van der Waals surface area contributed by atoms with Crippen LogP contribution in [0.25, 0.3) is 16.7 Å². The summed E-state index contributed by atoms with van der Waals surface area (Å²) in [6, 6.07) is 8.54. The zero-order valence-electron chi connectivity index (χ0n) is 14.8. The summed E-state index contributed by atoms with van der Waals surface area (Å²) in [6.45, 7) is 1.96. The van der Waals surface area contributed by atoms with Gasteiger partial charge < -0.3 is 5.32 Å². The molecule has 0 radical (unpaired) electrons. The van der Waals surface area contributed by atoms with Crippen molar-refractivity contribution in [3.8, 4) is 5.82 Å². The molecule has 1 saturated carbocycles. The first-order valence-corrected chi connectivity index (χ1v) is 8.61. The molecule has 128 valence electrons. The molecule has 6 nitrogen and oxygen atoms in total. The third-order valence-corrected chi connectivity index (χ3v) is 5.05. The van der Waals surface area contributed by atoms with E-state index in [4.69, 9.17) is 0 Å². The monoisotopic (exact) mass is 334 g/mol. The van der Waals surface area contributed by atoms with Crippen LogP contribution >= 0.6 is 0 Å². The second-order valence-electron chi connectivity index (χ2n) is 6.67. The summed E-state index contributed by atoms with van der Waals surface area (Å²) in [4.78, 5) is 13.2. The maximum Gasteiger partial charge on any atom is 0.224 e. The molecule has 1 aromatic carbocycles. The van der Waals surface area contributed by atoms with E-state index in [2.05, 4.69) is 49.8 Å². The molecule has 6 heteroatoms. The molecule has 25 heavy (non-hydrogen) atoms. The Morgan fingerprint density at radius 1 is 1.24 bits per heavy atom. The fourth-order valence-corrected chi connectivity index (χ4v) is 3.58. The number of fused-ring (bicyclic) bond motifs is 1. The number of anilines is 1. The number of nitrogens with zero attached hydrogens (tertiary/aromatic N) is 5. The number of aromatic nitrogens is 4. The van der Waals surface area contributed by atoms with E-state index in [-0.39, 0.29) is 5.41 Å². The van der Waals surface area contributed by atoms with Crippen LogP contribution in [0.4, 0.5) is 5.95 Å². The summed E-state index contributed by atoms with van der Waals surface area (Å²) >= 11 is 0. The molecule has 1 N–H and O–H groups in total. The minimum absolute atomic E-state index is 0.0791. The SMILES string of the molecule is C/N=C\C1(c2ccc3cnn(-c4cc(C)nc(NC)n4)c3c2)CCC1. The van der Waals surface area contributed by atoms with Crippen molar-refractivity contribution in [3.63, 3.8) is 0 Å². The fraction of sp³-hybridized carbons (Fsp3) is 0.368. The predicted molar refractivity (Wildman–Crippen MR) is 101 cm³/mol. The van der Waals surface area contributed by atoms with Crippen LogP contribution in [0, 0.1) is 6.92 Å². The summed E-state index contributed by atoms with van der Waals surface area (Å²) in [5.74, 6) is 1.37. The summed E-state index contributed by atoms with van der Waals surface area (Å²) in [5.41, 5.74) is 3.35. The topological polar surface area (TPSA) is 68.0 Å². The highest BCUT2D eigenvalue weighted by atomic mass is 15.3. The number of aliphatic imine (C=N–C) groups is 1. The third kappa shape index (κ3) is 2.58. The average Bonchev–Trinajstić information content (AvgIpc) is 3.00. The van der Waals surface area contributed by atoms with Gasteiger partial charge in [0, 0.05) is 42.9 Å². The van der Waals surface area contributed by atoms with Crippen LogP contribution < -0.4 is 5.32 Å². The highest BCUT2D eigenvalue weighted by Crippen LogP contribution is 2.43. The number of hydrogen-bond donors (Lipinski definition) is 1. The molecule has 3 aromatic rings. The number of aryl methyl sites for hydroxylation is 1. The quantitative estimate of drug-likeness (QED) is 0.744. The molecule has 0 saturated heterocycles. The van der Waals surface area contributed by atoms with Gasteiger partial charge in [0.05, 0.1) is 11.7 Å². The molecule has 2 aromatic heterocycles. The maximum atomic E-state index is 4.56. The molecule has 1 fully saturated rings. The fourth-order valence-electron chi connectivity index (χ4n) is 3.58. The lowest BCUT2D eigenvalue weighted by Crippen LogP contribution is -2.35. The van der Waals surface area contributed by atoms with E-state index in [1.165, 1.54) is 12.0 Å². The van der Waals surface area contributed by atoms with Crippen molar-refractivity contribution in [1.29, 1.82) is 0 Å². The van der Waals surface area contributed by atoms with Crippen molar-refractivity contribution in [3.05, 3.63) is 41.7 Å². The van der Waals surface area contributed by atoms with Gasteiger partial charge in [-0.1, -0.05) is 18.6 Å². The van der Waals surface area contributed by atoms with E-state index in [1.807, 2.05) is 38.0 Å². The Morgan fingerprint density at radius 3 is 2.76 bits per heavy atom. The Kier molecular flexibility index (Phi) is 3.75. The van der Waals surface area contributed by atoms with E-state index >= 15 is 0 Å². The van der Waals surface area contributed by atoms with Gasteiger partial charge in [0.15, 0.2) is 5.82 Å². The van der Waals surface area contributed by atoms with Crippen molar-refractivity contribution in [2.45, 2.75) is 31.6 Å². The minimum Gasteiger partial charge on any atom is -0.357 e. The largest absolute Gasteiger partial charge is 0.357 e. The van der Waals surface area contributed by atoms with Crippen molar-refractivity contribution in [2.75, 3.05) is 19.4 Å². The van der Waals surface area contributed by atoms with Gasteiger partial charge in [-0.25, -0.2) is 9.67 Å². The molecule has 0 atom stereocenters. The van der Waals surface area contributed by atoms with E-state index in [0.29, 0.717) is 5.95 Å². The van der Waals surface area contributed by atoms with Gasteiger partial charge in [-0.05, 0) is 31.4 Å². The molecule has 2 heterocycles. The van der Waals surface area contributed by atoms with Crippen molar-refractivity contribution >= 4 is 23.1 Å². The van der Waals surface area contributed by atoms with E-state index < -0.39 is 0 Å². The molecular formula is C19H22N6. The summed E-state index contributed by atoms with van der Waals surface area (Å²) in [6.07, 6.45) is 7.55. The zero-order valence-corrected chi connectivity index (χ0v) is 14.8. The molecule has 1 aliphatic carbocycles. The molecule has 4 rings (SSSR count). The Hall–Kier alpha value is -2.76. The summed E-state index contributed by atoms with van der Waals surface area (Å²) < 4.78 is 1.89. The van der Waals surface area contributed by atoms with Crippen LogP contribution in [0.5, 0.6) is 0 Å². The lowest BCUT2D eigenvalue weighted by atomic mass is 9.65. The molecule has 0 amide bonds. The van der Waals surface area contributed by atoms with Gasteiger partial charge in [-0.15, -0.1) is 0 Å². The Bertz CT molecular complexity index is 952. The van der Waals surface area contributed by atoms with Gasteiger partial charge in [0.2, 0.25) is 5.95 Å². The normalized spacial score (nSPS) is 16.3. The summed E-state index contributed by atoms with van der Waals surface area (Å²) in [5, 5.41) is 8.67. The van der Waals surface area contributed by atoms with Gasteiger partial charge >= 0.3 is 0 Å². The first-order valence-electron chi connectivity index (χ1n) is 8.61. The number of rotatable bonds is 4. The third-order valence-electron chi connectivity index (χ3n) is 5.05. The van der Waals surface area contributed by atoms with Gasteiger partial charge in [0.25, 0.3) is 0 Å². The maximum absolute atomic E-state index is 4.56. The Labute approximate surface area is 147 Å². The minimum atomic E-state index is 0.0791. The predicted octanol–water partition coefficient (Wildman–Crippen LogP) is 3.29. The average molecular weight is 334 g/mol. The van der Waals surface area contributed by atoms with E-state index in [9.17, 15) is 0 Å². The van der Waals surface area contributed by atoms with Crippen LogP contribution in [0.2, 0.25) is 0 Å². The number of benzene rings is 1. The van der Waals surface area contributed by atoms with E-state index in [0.717, 1.165) is 35.3 Å². The molecular weight excluding hydrogens is 312 g/mol. The van der Waals surface area contributed by atoms with Crippen molar-refractivity contribution in [1.82, 2.24) is 19.7 Å². The molecule has 0 bridgehead atoms. The van der Waals surface area contributed by atoms with Gasteiger partial charge in [-0.3, -0.25) is 4.99 Å². The van der Waals surface area contributed by atoms with Crippen molar-refractivity contribution < 1.29 is 0 Å². The molecule has 0 spiro atoms. The molecule has 0 aliphatic heterocycles. The highest BCUT2D eigenvalue weighted by molar-refractivity contribution is 5.84. The first-order chi connectivity index (χ1) is 12.1.